The summed E-state index contributed by atoms with van der Waals surface area (Å²) in [6.07, 6.45) is 3.81. The van der Waals surface area contributed by atoms with E-state index in [0.29, 0.717) is 17.1 Å². The molecule has 3 fully saturated rings. The summed E-state index contributed by atoms with van der Waals surface area (Å²) in [5.74, 6) is 0.466. The minimum Gasteiger partial charge on any atom is -0.332 e. The molecular weight excluding hydrogens is 400 g/mol. The molecule has 6 nitrogen and oxygen atoms in total. The number of rotatable bonds is 4. The predicted molar refractivity (Wildman–Crippen MR) is 109 cm³/mol. The highest BCUT2D eigenvalue weighted by Crippen LogP contribution is 2.48. The van der Waals surface area contributed by atoms with Crippen LogP contribution in [0, 0.1) is 6.92 Å². The lowest BCUT2D eigenvalue weighted by Crippen LogP contribution is -2.63. The molecule has 0 aromatic carbocycles. The van der Waals surface area contributed by atoms with Gasteiger partial charge in [0.1, 0.15) is 5.69 Å². The summed E-state index contributed by atoms with van der Waals surface area (Å²) in [7, 11) is 0. The SMILES string of the molecule is Cc1cc(C(=O)N2C3CC[C@H](c4cc(C(F)F)nc5ccnn45)C2C3)cc(C2CC2)n1. The third-order valence-electron chi connectivity index (χ3n) is 7.00. The van der Waals surface area contributed by atoms with Crippen LogP contribution in [-0.2, 0) is 0 Å². The van der Waals surface area contributed by atoms with Crippen LogP contribution in [0.2, 0.25) is 0 Å². The largest absolute Gasteiger partial charge is 0.332 e. The minimum absolute atomic E-state index is 0.00980. The monoisotopic (exact) mass is 423 g/mol. The molecular formula is C23H23F2N5O. The maximum Gasteiger partial charge on any atom is 0.280 e. The highest BCUT2D eigenvalue weighted by molar-refractivity contribution is 5.95. The van der Waals surface area contributed by atoms with Gasteiger partial charge in [0.05, 0.1) is 11.9 Å². The van der Waals surface area contributed by atoms with E-state index >= 15 is 0 Å². The summed E-state index contributed by atoms with van der Waals surface area (Å²) in [5, 5.41) is 4.32. The normalized spacial score (nSPS) is 25.2. The van der Waals surface area contributed by atoms with E-state index in [0.717, 1.165) is 49.2 Å². The number of carbonyl (C=O) groups is 1. The molecule has 3 atom stereocenters. The van der Waals surface area contributed by atoms with Crippen molar-refractivity contribution in [3.63, 3.8) is 0 Å². The molecule has 8 heteroatoms. The lowest BCUT2D eigenvalue weighted by atomic mass is 9.70. The molecule has 2 bridgehead atoms. The molecule has 3 aromatic heterocycles. The maximum atomic E-state index is 13.5. The van der Waals surface area contributed by atoms with Gasteiger partial charge in [-0.2, -0.15) is 5.10 Å². The first-order valence-corrected chi connectivity index (χ1v) is 10.9. The minimum atomic E-state index is -2.64. The third kappa shape index (κ3) is 3.03. The summed E-state index contributed by atoms with van der Waals surface area (Å²) in [4.78, 5) is 24.1. The van der Waals surface area contributed by atoms with Gasteiger partial charge in [0.2, 0.25) is 0 Å². The van der Waals surface area contributed by atoms with Gasteiger partial charge in [-0.05, 0) is 57.2 Å². The molecule has 2 unspecified atom stereocenters. The summed E-state index contributed by atoms with van der Waals surface area (Å²) >= 11 is 0. The molecule has 5 heterocycles. The van der Waals surface area contributed by atoms with Gasteiger partial charge in [0.25, 0.3) is 12.3 Å². The number of carbonyl (C=O) groups excluding carboxylic acids is 1. The van der Waals surface area contributed by atoms with E-state index in [-0.39, 0.29) is 29.6 Å². The molecule has 6 rings (SSSR count). The second kappa shape index (κ2) is 6.80. The second-order valence-corrected chi connectivity index (χ2v) is 9.06. The predicted octanol–water partition coefficient (Wildman–Crippen LogP) is 4.41. The van der Waals surface area contributed by atoms with Gasteiger partial charge in [-0.3, -0.25) is 9.78 Å². The Labute approximate surface area is 178 Å². The van der Waals surface area contributed by atoms with Crippen molar-refractivity contribution in [2.24, 2.45) is 0 Å². The Morgan fingerprint density at radius 3 is 2.71 bits per heavy atom. The number of halogens is 2. The summed E-state index contributed by atoms with van der Waals surface area (Å²) in [6.45, 7) is 1.93. The highest BCUT2D eigenvalue weighted by Gasteiger charge is 2.50. The average Bonchev–Trinajstić information content (AvgIpc) is 3.49. The maximum absolute atomic E-state index is 13.5. The van der Waals surface area contributed by atoms with Crippen molar-refractivity contribution in [3.05, 3.63) is 58.8 Å². The number of alkyl halides is 2. The van der Waals surface area contributed by atoms with Crippen molar-refractivity contribution >= 4 is 11.6 Å². The highest BCUT2D eigenvalue weighted by atomic mass is 19.3. The number of pyridine rings is 1. The number of aryl methyl sites for hydroxylation is 1. The van der Waals surface area contributed by atoms with Crippen molar-refractivity contribution in [2.75, 3.05) is 0 Å². The third-order valence-corrected chi connectivity index (χ3v) is 7.00. The van der Waals surface area contributed by atoms with Crippen LogP contribution in [0.4, 0.5) is 8.78 Å². The smallest absolute Gasteiger partial charge is 0.280 e. The molecule has 1 saturated carbocycles. The lowest BCUT2D eigenvalue weighted by molar-refractivity contribution is -0.0243. The number of hydrogen-bond donors (Lipinski definition) is 0. The summed E-state index contributed by atoms with van der Waals surface area (Å²) < 4.78 is 28.6. The van der Waals surface area contributed by atoms with Gasteiger partial charge in [-0.1, -0.05) is 0 Å². The van der Waals surface area contributed by atoms with E-state index < -0.39 is 6.43 Å². The van der Waals surface area contributed by atoms with Gasteiger partial charge >= 0.3 is 0 Å². The number of hydrogen-bond acceptors (Lipinski definition) is 4. The molecule has 0 N–H and O–H groups in total. The van der Waals surface area contributed by atoms with E-state index in [9.17, 15) is 13.6 Å². The second-order valence-electron chi connectivity index (χ2n) is 9.06. The molecule has 160 valence electrons. The first-order chi connectivity index (χ1) is 15.0. The average molecular weight is 423 g/mol. The van der Waals surface area contributed by atoms with Gasteiger partial charge in [-0.15, -0.1) is 0 Å². The first-order valence-electron chi connectivity index (χ1n) is 10.9. The first kappa shape index (κ1) is 18.8. The summed E-state index contributed by atoms with van der Waals surface area (Å²) in [5.41, 5.74) is 3.48. The zero-order chi connectivity index (χ0) is 21.3. The Bertz CT molecular complexity index is 1190. The molecule has 3 aromatic rings. The van der Waals surface area contributed by atoms with Crippen molar-refractivity contribution < 1.29 is 13.6 Å². The van der Waals surface area contributed by atoms with Crippen LogP contribution in [0.15, 0.2) is 30.5 Å². The molecule has 1 aliphatic carbocycles. The van der Waals surface area contributed by atoms with Crippen LogP contribution in [0.5, 0.6) is 0 Å². The zero-order valence-corrected chi connectivity index (χ0v) is 17.2. The van der Waals surface area contributed by atoms with E-state index in [1.165, 1.54) is 6.07 Å². The van der Waals surface area contributed by atoms with Crippen LogP contribution in [0.25, 0.3) is 5.65 Å². The van der Waals surface area contributed by atoms with E-state index in [1.807, 2.05) is 24.0 Å². The fourth-order valence-corrected chi connectivity index (χ4v) is 5.37. The molecule has 2 aliphatic heterocycles. The van der Waals surface area contributed by atoms with Gasteiger partial charge in [0.15, 0.2) is 5.65 Å². The van der Waals surface area contributed by atoms with Gasteiger partial charge in [-0.25, -0.2) is 18.3 Å². The lowest BCUT2D eigenvalue weighted by Gasteiger charge is -2.56. The Hall–Kier alpha value is -2.90. The van der Waals surface area contributed by atoms with Crippen LogP contribution < -0.4 is 0 Å². The molecule has 1 amide bonds. The Balaban J connectivity index is 1.35. The van der Waals surface area contributed by atoms with Crippen molar-refractivity contribution in [1.82, 2.24) is 24.5 Å². The van der Waals surface area contributed by atoms with Crippen molar-refractivity contribution in [2.45, 2.75) is 69.4 Å². The standard InChI is InChI=1S/C23H23F2N5O/c1-12-8-14(9-17(27-12)13-2-3-13)23(31)29-15-4-5-16(19(29)10-15)20-11-18(22(24)25)28-21-6-7-26-30(20)21/h6-9,11,13,15-16,19,22H,2-5,10H2,1H3/t15?,16-,19?/m0/s1. The van der Waals surface area contributed by atoms with E-state index in [2.05, 4.69) is 15.1 Å². The molecule has 0 radical (unpaired) electrons. The number of fused-ring (bicyclic) bond motifs is 3. The van der Waals surface area contributed by atoms with Crippen molar-refractivity contribution in [1.29, 1.82) is 0 Å². The number of amides is 1. The fraction of sp³-hybridized carbons (Fsp3) is 0.478. The zero-order valence-electron chi connectivity index (χ0n) is 17.2. The van der Waals surface area contributed by atoms with Crippen LogP contribution in [0.3, 0.4) is 0 Å². The van der Waals surface area contributed by atoms with Gasteiger partial charge < -0.3 is 4.90 Å². The molecule has 3 aliphatic rings. The Morgan fingerprint density at radius 2 is 1.97 bits per heavy atom. The van der Waals surface area contributed by atoms with Crippen LogP contribution in [-0.4, -0.2) is 42.5 Å². The Morgan fingerprint density at radius 1 is 1.13 bits per heavy atom. The fourth-order valence-electron chi connectivity index (χ4n) is 5.37. The number of aromatic nitrogens is 4. The van der Waals surface area contributed by atoms with E-state index in [1.54, 1.807) is 16.8 Å². The summed E-state index contributed by atoms with van der Waals surface area (Å²) in [6, 6.07) is 7.14. The molecule has 2 saturated heterocycles. The molecule has 0 spiro atoms. The van der Waals surface area contributed by atoms with Crippen LogP contribution >= 0.6 is 0 Å². The number of piperidine rings is 1. The quantitative estimate of drug-likeness (QED) is 0.624. The van der Waals surface area contributed by atoms with Gasteiger partial charge in [0, 0.05) is 46.9 Å². The van der Waals surface area contributed by atoms with Crippen molar-refractivity contribution in [3.8, 4) is 0 Å². The van der Waals surface area contributed by atoms with E-state index in [4.69, 9.17) is 0 Å². The number of nitrogens with zero attached hydrogens (tertiary/aromatic N) is 5. The topological polar surface area (TPSA) is 63.4 Å². The molecule has 31 heavy (non-hydrogen) atoms. The van der Waals surface area contributed by atoms with Crippen LogP contribution in [0.1, 0.15) is 83.5 Å². The Kier molecular flexibility index (Phi) is 4.13.